The van der Waals surface area contributed by atoms with E-state index in [1.807, 2.05) is 42.2 Å². The lowest BCUT2D eigenvalue weighted by atomic mass is 10.1. The number of imidazole rings is 1. The number of rotatable bonds is 3. The van der Waals surface area contributed by atoms with E-state index in [9.17, 15) is 0 Å². The second-order valence-electron chi connectivity index (χ2n) is 4.39. The zero-order valence-corrected chi connectivity index (χ0v) is 11.0. The van der Waals surface area contributed by atoms with Crippen LogP contribution in [0, 0.1) is 0 Å². The molecular weight excluding hydrogens is 244 g/mol. The minimum Gasteiger partial charge on any atom is -0.489 e. The Labute approximate surface area is 111 Å². The van der Waals surface area contributed by atoms with Crippen molar-refractivity contribution in [3.8, 4) is 17.1 Å². The molecule has 94 valence electrons. The number of benzene rings is 1. The van der Waals surface area contributed by atoms with E-state index in [1.54, 1.807) is 6.20 Å². The molecule has 1 unspecified atom stereocenters. The third-order valence-electron chi connectivity index (χ3n) is 3.05. The lowest BCUT2D eigenvalue weighted by Gasteiger charge is -2.23. The molecule has 1 aromatic carbocycles. The summed E-state index contributed by atoms with van der Waals surface area (Å²) in [6.45, 7) is 0. The van der Waals surface area contributed by atoms with Gasteiger partial charge >= 0.3 is 0 Å². The number of thioether (sulfide) groups is 1. The van der Waals surface area contributed by atoms with Gasteiger partial charge in [-0.1, -0.05) is 12.1 Å². The van der Waals surface area contributed by atoms with E-state index in [1.165, 1.54) is 12.2 Å². The van der Waals surface area contributed by atoms with Crippen molar-refractivity contribution in [2.45, 2.75) is 18.9 Å². The molecule has 1 aliphatic rings. The van der Waals surface area contributed by atoms with Crippen LogP contribution in [0.15, 0.2) is 36.7 Å². The minimum absolute atomic E-state index is 0.333. The molecule has 3 rings (SSSR count). The predicted molar refractivity (Wildman–Crippen MR) is 75.0 cm³/mol. The molecule has 0 saturated carbocycles. The lowest BCUT2D eigenvalue weighted by molar-refractivity contribution is 0.212. The monoisotopic (exact) mass is 260 g/mol. The van der Waals surface area contributed by atoms with E-state index in [-0.39, 0.29) is 0 Å². The molecule has 0 radical (unpaired) electrons. The van der Waals surface area contributed by atoms with Gasteiger partial charge in [0.15, 0.2) is 0 Å². The van der Waals surface area contributed by atoms with E-state index in [4.69, 9.17) is 4.74 Å². The SMILES string of the molecule is c1ccc(-c2ncc[nH]2)c(OC2CCCSC2)c1. The van der Waals surface area contributed by atoms with Crippen LogP contribution in [-0.4, -0.2) is 27.6 Å². The molecule has 1 saturated heterocycles. The van der Waals surface area contributed by atoms with Crippen LogP contribution in [0.5, 0.6) is 5.75 Å². The summed E-state index contributed by atoms with van der Waals surface area (Å²) in [5, 5.41) is 0. The van der Waals surface area contributed by atoms with Crippen molar-refractivity contribution in [1.82, 2.24) is 9.97 Å². The first kappa shape index (κ1) is 11.7. The van der Waals surface area contributed by atoms with Gasteiger partial charge in [-0.3, -0.25) is 0 Å². The van der Waals surface area contributed by atoms with Gasteiger partial charge in [0, 0.05) is 18.1 Å². The highest BCUT2D eigenvalue weighted by Crippen LogP contribution is 2.30. The second kappa shape index (κ2) is 5.48. The fourth-order valence-electron chi connectivity index (χ4n) is 2.16. The Morgan fingerprint density at radius 2 is 2.28 bits per heavy atom. The highest BCUT2D eigenvalue weighted by atomic mass is 32.2. The first-order chi connectivity index (χ1) is 8.93. The Kier molecular flexibility index (Phi) is 3.55. The van der Waals surface area contributed by atoms with Gasteiger partial charge in [-0.2, -0.15) is 11.8 Å². The zero-order chi connectivity index (χ0) is 12.2. The number of aromatic amines is 1. The van der Waals surface area contributed by atoms with Crippen molar-refractivity contribution in [2.24, 2.45) is 0 Å². The predicted octanol–water partition coefficient (Wildman–Crippen LogP) is 3.35. The molecular formula is C14H16N2OS. The highest BCUT2D eigenvalue weighted by molar-refractivity contribution is 7.99. The Balaban J connectivity index is 1.83. The van der Waals surface area contributed by atoms with Crippen LogP contribution in [-0.2, 0) is 0 Å². The Hall–Kier alpha value is -1.42. The van der Waals surface area contributed by atoms with E-state index >= 15 is 0 Å². The molecule has 1 aromatic heterocycles. The van der Waals surface area contributed by atoms with Gasteiger partial charge in [-0.15, -0.1) is 0 Å². The van der Waals surface area contributed by atoms with Crippen LogP contribution in [0.25, 0.3) is 11.4 Å². The summed E-state index contributed by atoms with van der Waals surface area (Å²) in [5.74, 6) is 4.15. The number of hydrogen-bond donors (Lipinski definition) is 1. The molecule has 1 aliphatic heterocycles. The largest absolute Gasteiger partial charge is 0.489 e. The maximum atomic E-state index is 6.13. The summed E-state index contributed by atoms with van der Waals surface area (Å²) >= 11 is 1.98. The van der Waals surface area contributed by atoms with Crippen LogP contribution in [0.1, 0.15) is 12.8 Å². The molecule has 0 amide bonds. The van der Waals surface area contributed by atoms with E-state index in [0.29, 0.717) is 6.10 Å². The molecule has 2 heterocycles. The quantitative estimate of drug-likeness (QED) is 0.919. The fourth-order valence-corrected chi connectivity index (χ4v) is 3.20. The molecule has 4 heteroatoms. The van der Waals surface area contributed by atoms with Crippen LogP contribution >= 0.6 is 11.8 Å². The van der Waals surface area contributed by atoms with E-state index < -0.39 is 0 Å². The fraction of sp³-hybridized carbons (Fsp3) is 0.357. The maximum Gasteiger partial charge on any atom is 0.141 e. The number of para-hydroxylation sites is 1. The normalized spacial score (nSPS) is 19.7. The molecule has 0 aliphatic carbocycles. The number of aromatic nitrogens is 2. The van der Waals surface area contributed by atoms with Gasteiger partial charge in [0.1, 0.15) is 17.7 Å². The number of ether oxygens (including phenoxy) is 1. The summed E-state index contributed by atoms with van der Waals surface area (Å²) in [4.78, 5) is 7.43. The minimum atomic E-state index is 0.333. The van der Waals surface area contributed by atoms with Gasteiger partial charge in [-0.25, -0.2) is 4.98 Å². The summed E-state index contributed by atoms with van der Waals surface area (Å²) < 4.78 is 6.13. The molecule has 1 N–H and O–H groups in total. The standard InChI is InChI=1S/C14H16N2OS/c1-2-6-13(17-11-4-3-9-18-10-11)12(5-1)14-15-7-8-16-14/h1-2,5-8,11H,3-4,9-10H2,(H,15,16). The van der Waals surface area contributed by atoms with Crippen molar-refractivity contribution in [3.05, 3.63) is 36.7 Å². The molecule has 1 atom stereocenters. The van der Waals surface area contributed by atoms with Crippen molar-refractivity contribution in [1.29, 1.82) is 0 Å². The number of hydrogen-bond acceptors (Lipinski definition) is 3. The molecule has 1 fully saturated rings. The molecule has 0 spiro atoms. The summed E-state index contributed by atoms with van der Waals surface area (Å²) in [6.07, 6.45) is 6.34. The van der Waals surface area contributed by atoms with Gasteiger partial charge in [0.2, 0.25) is 0 Å². The highest BCUT2D eigenvalue weighted by Gasteiger charge is 2.17. The Bertz CT molecular complexity index is 492. The molecule has 18 heavy (non-hydrogen) atoms. The first-order valence-electron chi connectivity index (χ1n) is 6.26. The Morgan fingerprint density at radius 3 is 3.06 bits per heavy atom. The first-order valence-corrected chi connectivity index (χ1v) is 7.42. The van der Waals surface area contributed by atoms with Crippen LogP contribution in [0.4, 0.5) is 0 Å². The number of nitrogens with zero attached hydrogens (tertiary/aromatic N) is 1. The summed E-state index contributed by atoms with van der Waals surface area (Å²) in [7, 11) is 0. The maximum absolute atomic E-state index is 6.13. The topological polar surface area (TPSA) is 37.9 Å². The van der Waals surface area contributed by atoms with E-state index in [0.717, 1.165) is 29.3 Å². The van der Waals surface area contributed by atoms with Crippen molar-refractivity contribution < 1.29 is 4.74 Å². The van der Waals surface area contributed by atoms with Gasteiger partial charge in [0.05, 0.1) is 5.56 Å². The molecule has 3 nitrogen and oxygen atoms in total. The van der Waals surface area contributed by atoms with Crippen molar-refractivity contribution >= 4 is 11.8 Å². The van der Waals surface area contributed by atoms with Crippen LogP contribution in [0.3, 0.4) is 0 Å². The average molecular weight is 260 g/mol. The second-order valence-corrected chi connectivity index (χ2v) is 5.54. The van der Waals surface area contributed by atoms with Crippen LogP contribution < -0.4 is 4.74 Å². The van der Waals surface area contributed by atoms with Gasteiger partial charge in [-0.05, 0) is 30.7 Å². The third kappa shape index (κ3) is 2.53. The van der Waals surface area contributed by atoms with E-state index in [2.05, 4.69) is 9.97 Å². The third-order valence-corrected chi connectivity index (χ3v) is 4.24. The van der Waals surface area contributed by atoms with Crippen molar-refractivity contribution in [3.63, 3.8) is 0 Å². The smallest absolute Gasteiger partial charge is 0.141 e. The summed E-state index contributed by atoms with van der Waals surface area (Å²) in [5.41, 5.74) is 1.04. The zero-order valence-electron chi connectivity index (χ0n) is 10.1. The molecule has 0 bridgehead atoms. The summed E-state index contributed by atoms with van der Waals surface area (Å²) in [6, 6.07) is 8.10. The average Bonchev–Trinajstić information content (AvgIpc) is 2.94. The Morgan fingerprint density at radius 1 is 1.33 bits per heavy atom. The number of nitrogens with one attached hydrogen (secondary N) is 1. The number of H-pyrrole nitrogens is 1. The van der Waals surface area contributed by atoms with Crippen molar-refractivity contribution in [2.75, 3.05) is 11.5 Å². The van der Waals surface area contributed by atoms with Gasteiger partial charge < -0.3 is 9.72 Å². The van der Waals surface area contributed by atoms with Gasteiger partial charge in [0.25, 0.3) is 0 Å². The van der Waals surface area contributed by atoms with Crippen LogP contribution in [0.2, 0.25) is 0 Å². The lowest BCUT2D eigenvalue weighted by Crippen LogP contribution is -2.23. The molecule has 2 aromatic rings.